The Morgan fingerprint density at radius 3 is 2.91 bits per heavy atom. The highest BCUT2D eigenvalue weighted by molar-refractivity contribution is 7.98. The first-order chi connectivity index (χ1) is 10.8. The monoisotopic (exact) mass is 343 g/mol. The molecule has 3 nitrogen and oxygen atoms in total. The van der Waals surface area contributed by atoms with Gasteiger partial charge in [-0.2, -0.15) is 0 Å². The zero-order chi connectivity index (χ0) is 14.9. The summed E-state index contributed by atoms with van der Waals surface area (Å²) in [6.45, 7) is 2.17. The van der Waals surface area contributed by atoms with Gasteiger partial charge in [0.15, 0.2) is 0 Å². The molecule has 0 N–H and O–H groups in total. The lowest BCUT2D eigenvalue weighted by Gasteiger charge is -1.99. The van der Waals surface area contributed by atoms with Crippen LogP contribution in [0.2, 0.25) is 0 Å². The molecule has 0 fully saturated rings. The molecule has 0 aliphatic heterocycles. The van der Waals surface area contributed by atoms with E-state index in [1.54, 1.807) is 40.8 Å². The minimum Gasteiger partial charge on any atom is -0.240 e. The van der Waals surface area contributed by atoms with E-state index in [0.29, 0.717) is 0 Å². The van der Waals surface area contributed by atoms with Crippen LogP contribution in [0.15, 0.2) is 41.7 Å². The Morgan fingerprint density at radius 2 is 2.05 bits per heavy atom. The lowest BCUT2D eigenvalue weighted by molar-refractivity contribution is 1.10. The number of thiazole rings is 1. The van der Waals surface area contributed by atoms with E-state index in [0.717, 1.165) is 32.6 Å². The second kappa shape index (κ2) is 5.95. The number of rotatable bonds is 4. The lowest BCUT2D eigenvalue weighted by atomic mass is 10.3. The van der Waals surface area contributed by atoms with Gasteiger partial charge in [0.25, 0.3) is 0 Å². The van der Waals surface area contributed by atoms with Crippen LogP contribution in [0.3, 0.4) is 0 Å². The van der Waals surface area contributed by atoms with Gasteiger partial charge in [-0.3, -0.25) is 0 Å². The first-order valence-electron chi connectivity index (χ1n) is 7.04. The minimum absolute atomic E-state index is 0.850. The Bertz CT molecular complexity index is 909. The van der Waals surface area contributed by atoms with E-state index in [1.807, 2.05) is 6.07 Å². The third-order valence-corrected chi connectivity index (χ3v) is 6.79. The van der Waals surface area contributed by atoms with Gasteiger partial charge in [0.1, 0.15) is 21.2 Å². The fourth-order valence-corrected chi connectivity index (χ4v) is 5.22. The number of hydrogen-bond donors (Lipinski definition) is 0. The second-order valence-corrected chi connectivity index (χ2v) is 8.02. The van der Waals surface area contributed by atoms with E-state index in [9.17, 15) is 0 Å². The Morgan fingerprint density at radius 1 is 1.14 bits per heavy atom. The predicted molar refractivity (Wildman–Crippen MR) is 96.0 cm³/mol. The molecule has 4 aromatic rings. The van der Waals surface area contributed by atoms with Crippen molar-refractivity contribution >= 4 is 54.9 Å². The number of para-hydroxylation sites is 1. The maximum atomic E-state index is 4.69. The van der Waals surface area contributed by atoms with Gasteiger partial charge >= 0.3 is 0 Å². The summed E-state index contributed by atoms with van der Waals surface area (Å²) >= 11 is 5.26. The molecule has 0 radical (unpaired) electrons. The van der Waals surface area contributed by atoms with Crippen LogP contribution in [0.1, 0.15) is 16.8 Å². The van der Waals surface area contributed by atoms with E-state index in [1.165, 1.54) is 15.0 Å². The highest BCUT2D eigenvalue weighted by atomic mass is 32.2. The van der Waals surface area contributed by atoms with Gasteiger partial charge in [-0.25, -0.2) is 15.0 Å². The van der Waals surface area contributed by atoms with E-state index in [4.69, 9.17) is 0 Å². The predicted octanol–water partition coefficient (Wildman–Crippen LogP) is 5.16. The summed E-state index contributed by atoms with van der Waals surface area (Å²) in [6.07, 6.45) is 2.71. The van der Waals surface area contributed by atoms with Crippen molar-refractivity contribution in [3.8, 4) is 0 Å². The average Bonchev–Trinajstić information content (AvgIpc) is 3.15. The number of fused-ring (bicyclic) bond motifs is 2. The van der Waals surface area contributed by atoms with Crippen LogP contribution in [-0.4, -0.2) is 15.0 Å². The molecular weight excluding hydrogens is 330 g/mol. The lowest BCUT2D eigenvalue weighted by Crippen LogP contribution is -1.84. The van der Waals surface area contributed by atoms with E-state index < -0.39 is 0 Å². The first-order valence-corrected chi connectivity index (χ1v) is 9.66. The summed E-state index contributed by atoms with van der Waals surface area (Å²) in [5, 5.41) is 3.37. The van der Waals surface area contributed by atoms with Crippen molar-refractivity contribution < 1.29 is 0 Å². The highest BCUT2D eigenvalue weighted by Crippen LogP contribution is 2.33. The zero-order valence-corrected chi connectivity index (χ0v) is 14.4. The number of aryl methyl sites for hydroxylation is 1. The first kappa shape index (κ1) is 14.1. The van der Waals surface area contributed by atoms with Gasteiger partial charge in [0, 0.05) is 10.3 Å². The molecule has 110 valence electrons. The Hall–Kier alpha value is -1.50. The number of thiophene rings is 1. The molecule has 0 aliphatic rings. The smallest absolute Gasteiger partial charge is 0.128 e. The summed E-state index contributed by atoms with van der Waals surface area (Å²) in [5.41, 5.74) is 1.08. The van der Waals surface area contributed by atoms with Crippen molar-refractivity contribution in [2.45, 2.75) is 24.1 Å². The average molecular weight is 344 g/mol. The Balaban J connectivity index is 1.62. The third kappa shape index (κ3) is 2.62. The zero-order valence-electron chi connectivity index (χ0n) is 11.9. The number of aromatic nitrogens is 3. The molecule has 3 heterocycles. The molecule has 0 bridgehead atoms. The van der Waals surface area contributed by atoms with E-state index >= 15 is 0 Å². The van der Waals surface area contributed by atoms with Crippen molar-refractivity contribution in [1.82, 2.24) is 15.0 Å². The van der Waals surface area contributed by atoms with Crippen molar-refractivity contribution in [3.05, 3.63) is 46.5 Å². The van der Waals surface area contributed by atoms with Gasteiger partial charge < -0.3 is 0 Å². The molecule has 0 atom stereocenters. The topological polar surface area (TPSA) is 38.7 Å². The summed E-state index contributed by atoms with van der Waals surface area (Å²) in [5.74, 6) is 0.850. The summed E-state index contributed by atoms with van der Waals surface area (Å²) < 4.78 is 1.25. The molecular formula is C16H13N3S3. The number of hydrogen-bond acceptors (Lipinski definition) is 6. The molecule has 1 aromatic carbocycles. The molecule has 6 heteroatoms. The van der Waals surface area contributed by atoms with Gasteiger partial charge in [-0.15, -0.1) is 22.7 Å². The van der Waals surface area contributed by atoms with Crippen molar-refractivity contribution in [3.63, 3.8) is 0 Å². The molecule has 0 spiro atoms. The fourth-order valence-electron chi connectivity index (χ4n) is 2.28. The largest absolute Gasteiger partial charge is 0.240 e. The maximum Gasteiger partial charge on any atom is 0.128 e. The third-order valence-electron chi connectivity index (χ3n) is 3.36. The summed E-state index contributed by atoms with van der Waals surface area (Å²) in [4.78, 5) is 16.0. The molecule has 4 rings (SSSR count). The molecule has 0 aliphatic carbocycles. The molecule has 0 saturated carbocycles. The van der Waals surface area contributed by atoms with Crippen LogP contribution in [0, 0.1) is 0 Å². The van der Waals surface area contributed by atoms with Crippen molar-refractivity contribution in [2.75, 3.05) is 0 Å². The van der Waals surface area contributed by atoms with Gasteiger partial charge in [0.2, 0.25) is 0 Å². The van der Waals surface area contributed by atoms with Gasteiger partial charge in [-0.05, 0) is 24.6 Å². The molecule has 22 heavy (non-hydrogen) atoms. The van der Waals surface area contributed by atoms with Crippen molar-refractivity contribution in [2.24, 2.45) is 0 Å². The number of benzene rings is 1. The van der Waals surface area contributed by atoms with Crippen LogP contribution in [0.4, 0.5) is 0 Å². The SMILES string of the molecule is CCc1cc2c(SCc3nc4ccccc4s3)ncnc2s1. The maximum absolute atomic E-state index is 4.69. The fraction of sp³-hybridized carbons (Fsp3) is 0.188. The normalized spacial score (nSPS) is 11.5. The van der Waals surface area contributed by atoms with Crippen LogP contribution < -0.4 is 0 Å². The number of thioether (sulfide) groups is 1. The molecule has 0 unspecified atom stereocenters. The molecule has 0 saturated heterocycles. The van der Waals surface area contributed by atoms with Crippen LogP contribution in [-0.2, 0) is 12.2 Å². The van der Waals surface area contributed by atoms with Crippen molar-refractivity contribution in [1.29, 1.82) is 0 Å². The quantitative estimate of drug-likeness (QED) is 0.379. The summed E-state index contributed by atoms with van der Waals surface area (Å²) in [6, 6.07) is 10.5. The van der Waals surface area contributed by atoms with Crippen LogP contribution in [0.5, 0.6) is 0 Å². The van der Waals surface area contributed by atoms with Crippen LogP contribution >= 0.6 is 34.4 Å². The van der Waals surface area contributed by atoms with Gasteiger partial charge in [0.05, 0.1) is 16.0 Å². The minimum atomic E-state index is 0.850. The standard InChI is InChI=1S/C16H13N3S3/c1-2-10-7-11-15(17-9-18-16(11)21-10)20-8-14-19-12-5-3-4-6-13(12)22-14/h3-7,9H,2,8H2,1H3. The number of nitrogens with zero attached hydrogens (tertiary/aromatic N) is 3. The molecule has 3 aromatic heterocycles. The van der Waals surface area contributed by atoms with E-state index in [-0.39, 0.29) is 0 Å². The van der Waals surface area contributed by atoms with E-state index in [2.05, 4.69) is 46.1 Å². The Kier molecular flexibility index (Phi) is 3.82. The van der Waals surface area contributed by atoms with Crippen LogP contribution in [0.25, 0.3) is 20.4 Å². The molecule has 0 amide bonds. The Labute approximate surface area is 140 Å². The summed E-state index contributed by atoms with van der Waals surface area (Å²) in [7, 11) is 0. The second-order valence-electron chi connectivity index (χ2n) is 4.83. The van der Waals surface area contributed by atoms with Gasteiger partial charge in [-0.1, -0.05) is 30.8 Å². The highest BCUT2D eigenvalue weighted by Gasteiger charge is 2.10.